The van der Waals surface area contributed by atoms with E-state index in [2.05, 4.69) is 0 Å². The molecule has 2 atom stereocenters. The smallest absolute Gasteiger partial charge is 0.297 e. The van der Waals surface area contributed by atoms with E-state index in [9.17, 15) is 8.42 Å². The lowest BCUT2D eigenvalue weighted by Gasteiger charge is -2.18. The Morgan fingerprint density at radius 3 is 2.43 bits per heavy atom. The zero-order valence-electron chi connectivity index (χ0n) is 11.0. The van der Waals surface area contributed by atoms with Crippen LogP contribution in [0.15, 0.2) is 29.2 Å². The maximum Gasteiger partial charge on any atom is 0.297 e. The van der Waals surface area contributed by atoms with Crippen LogP contribution in [0.25, 0.3) is 0 Å². The van der Waals surface area contributed by atoms with Gasteiger partial charge in [0, 0.05) is 0 Å². The SMILES string of the molecule is Cc1ccc(S(=O)(=O)OCC2COC(C(Cl)(Cl)Cl)O2)cc1. The zero-order chi connectivity index (χ0) is 15.7. The van der Waals surface area contributed by atoms with Crippen molar-refractivity contribution in [2.24, 2.45) is 0 Å². The Balaban J connectivity index is 1.93. The summed E-state index contributed by atoms with van der Waals surface area (Å²) in [6.45, 7) is 1.73. The van der Waals surface area contributed by atoms with Gasteiger partial charge in [0.05, 0.1) is 18.1 Å². The van der Waals surface area contributed by atoms with Crippen LogP contribution in [0.5, 0.6) is 0 Å². The lowest BCUT2D eigenvalue weighted by atomic mass is 10.2. The first kappa shape index (κ1) is 17.3. The summed E-state index contributed by atoms with van der Waals surface area (Å²) in [6, 6.07) is 6.32. The number of benzene rings is 1. The summed E-state index contributed by atoms with van der Waals surface area (Å²) in [5, 5.41) is 0. The van der Waals surface area contributed by atoms with Crippen LogP contribution in [0.2, 0.25) is 0 Å². The van der Waals surface area contributed by atoms with Crippen LogP contribution in [-0.2, 0) is 23.8 Å². The third-order valence-corrected chi connectivity index (χ3v) is 4.57. The first-order valence-electron chi connectivity index (χ1n) is 5.98. The second-order valence-corrected chi connectivity index (χ2v) is 8.50. The predicted molar refractivity (Wildman–Crippen MR) is 79.2 cm³/mol. The molecule has 0 amide bonds. The molecule has 2 unspecified atom stereocenters. The van der Waals surface area contributed by atoms with Crippen LogP contribution < -0.4 is 0 Å². The van der Waals surface area contributed by atoms with E-state index in [4.69, 9.17) is 48.5 Å². The van der Waals surface area contributed by atoms with Crippen LogP contribution in [-0.4, -0.2) is 37.8 Å². The predicted octanol–water partition coefficient (Wildman–Crippen LogP) is 2.81. The number of hydrogen-bond acceptors (Lipinski definition) is 5. The molecule has 1 saturated heterocycles. The van der Waals surface area contributed by atoms with Gasteiger partial charge in [-0.1, -0.05) is 52.5 Å². The molecule has 0 radical (unpaired) electrons. The van der Waals surface area contributed by atoms with Crippen molar-refractivity contribution in [3.05, 3.63) is 29.8 Å². The van der Waals surface area contributed by atoms with Gasteiger partial charge < -0.3 is 9.47 Å². The second-order valence-electron chi connectivity index (χ2n) is 4.52. The van der Waals surface area contributed by atoms with Gasteiger partial charge >= 0.3 is 0 Å². The van der Waals surface area contributed by atoms with E-state index < -0.39 is 26.3 Å². The largest absolute Gasteiger partial charge is 0.346 e. The minimum absolute atomic E-state index is 0.0740. The highest BCUT2D eigenvalue weighted by molar-refractivity contribution is 7.86. The summed E-state index contributed by atoms with van der Waals surface area (Å²) in [6.07, 6.45) is -1.66. The molecule has 118 valence electrons. The minimum Gasteiger partial charge on any atom is -0.346 e. The summed E-state index contributed by atoms with van der Waals surface area (Å²) < 4.78 is 37.6. The van der Waals surface area contributed by atoms with Crippen molar-refractivity contribution in [1.29, 1.82) is 0 Å². The van der Waals surface area contributed by atoms with Gasteiger partial charge in [-0.25, -0.2) is 0 Å². The van der Waals surface area contributed by atoms with Crippen molar-refractivity contribution in [1.82, 2.24) is 0 Å². The van der Waals surface area contributed by atoms with Gasteiger partial charge in [-0.15, -0.1) is 0 Å². The monoisotopic (exact) mass is 374 g/mol. The van der Waals surface area contributed by atoms with Gasteiger partial charge in [-0.2, -0.15) is 8.42 Å². The maximum atomic E-state index is 12.0. The Hall–Kier alpha value is -0.0800. The Morgan fingerprint density at radius 2 is 1.90 bits per heavy atom. The molecular weight excluding hydrogens is 363 g/mol. The number of alkyl halides is 3. The Bertz CT molecular complexity index is 582. The van der Waals surface area contributed by atoms with Gasteiger partial charge in [0.1, 0.15) is 6.10 Å². The van der Waals surface area contributed by atoms with Crippen LogP contribution in [0.1, 0.15) is 5.56 Å². The molecule has 2 rings (SSSR count). The number of ether oxygens (including phenoxy) is 2. The van der Waals surface area contributed by atoms with E-state index in [0.717, 1.165) is 5.56 Å². The van der Waals surface area contributed by atoms with Crippen molar-refractivity contribution < 1.29 is 22.1 Å². The number of halogens is 3. The van der Waals surface area contributed by atoms with Gasteiger partial charge in [0.25, 0.3) is 10.1 Å². The molecule has 0 saturated carbocycles. The van der Waals surface area contributed by atoms with Crippen molar-refractivity contribution in [3.8, 4) is 0 Å². The average Bonchev–Trinajstić information content (AvgIpc) is 2.86. The van der Waals surface area contributed by atoms with Crippen molar-refractivity contribution in [3.63, 3.8) is 0 Å². The Kier molecular flexibility index (Phi) is 5.41. The quantitative estimate of drug-likeness (QED) is 0.598. The van der Waals surface area contributed by atoms with Crippen molar-refractivity contribution in [2.75, 3.05) is 13.2 Å². The molecular formula is C12H13Cl3O5S. The standard InChI is InChI=1S/C12H13Cl3O5S/c1-8-2-4-10(5-3-8)21(16,17)19-7-9-6-18-11(20-9)12(13,14)15/h2-5,9,11H,6-7H2,1H3. The number of hydrogen-bond donors (Lipinski definition) is 0. The van der Waals surface area contributed by atoms with Gasteiger partial charge in [0.2, 0.25) is 10.1 Å². The first-order valence-corrected chi connectivity index (χ1v) is 8.52. The van der Waals surface area contributed by atoms with Crippen LogP contribution in [0.4, 0.5) is 0 Å². The molecule has 1 aliphatic heterocycles. The lowest BCUT2D eigenvalue weighted by Crippen LogP contribution is -2.28. The molecule has 21 heavy (non-hydrogen) atoms. The van der Waals surface area contributed by atoms with Crippen molar-refractivity contribution in [2.45, 2.75) is 28.0 Å². The summed E-state index contributed by atoms with van der Waals surface area (Å²) in [5.74, 6) is 0. The first-order chi connectivity index (χ1) is 9.68. The van der Waals surface area contributed by atoms with Crippen LogP contribution in [0.3, 0.4) is 0 Å². The highest BCUT2D eigenvalue weighted by atomic mass is 35.6. The average molecular weight is 376 g/mol. The van der Waals surface area contributed by atoms with Gasteiger partial charge in [0.15, 0.2) is 0 Å². The molecule has 1 aromatic rings. The summed E-state index contributed by atoms with van der Waals surface area (Å²) in [7, 11) is -3.85. The lowest BCUT2D eigenvalue weighted by molar-refractivity contribution is -0.0590. The molecule has 9 heteroatoms. The molecule has 1 aliphatic rings. The van der Waals surface area contributed by atoms with E-state index in [1.54, 1.807) is 12.1 Å². The molecule has 0 spiro atoms. The number of rotatable bonds is 4. The van der Waals surface area contributed by atoms with E-state index in [1.165, 1.54) is 12.1 Å². The third kappa shape index (κ3) is 4.69. The molecule has 0 N–H and O–H groups in total. The topological polar surface area (TPSA) is 61.8 Å². The molecule has 0 aromatic heterocycles. The fourth-order valence-corrected chi connectivity index (χ4v) is 2.93. The van der Waals surface area contributed by atoms with E-state index in [0.29, 0.717) is 0 Å². The fourth-order valence-electron chi connectivity index (χ4n) is 1.65. The summed E-state index contributed by atoms with van der Waals surface area (Å²) in [5.41, 5.74) is 0.951. The fraction of sp³-hybridized carbons (Fsp3) is 0.500. The van der Waals surface area contributed by atoms with Crippen LogP contribution >= 0.6 is 34.8 Å². The maximum absolute atomic E-state index is 12.0. The molecule has 5 nitrogen and oxygen atoms in total. The molecule has 1 aromatic carbocycles. The Morgan fingerprint density at radius 1 is 1.29 bits per heavy atom. The molecule has 1 heterocycles. The molecule has 0 aliphatic carbocycles. The second kappa shape index (κ2) is 6.58. The van der Waals surface area contributed by atoms with Gasteiger partial charge in [-0.05, 0) is 19.1 Å². The molecule has 1 fully saturated rings. The summed E-state index contributed by atoms with van der Waals surface area (Å²) in [4.78, 5) is 0.0740. The molecule has 0 bridgehead atoms. The van der Waals surface area contributed by atoms with Crippen LogP contribution in [0, 0.1) is 6.92 Å². The minimum atomic E-state index is -3.85. The van der Waals surface area contributed by atoms with E-state index >= 15 is 0 Å². The number of aryl methyl sites for hydroxylation is 1. The highest BCUT2D eigenvalue weighted by Gasteiger charge is 2.41. The Labute approximate surface area is 138 Å². The van der Waals surface area contributed by atoms with Gasteiger partial charge in [-0.3, -0.25) is 4.18 Å². The van der Waals surface area contributed by atoms with Crippen molar-refractivity contribution >= 4 is 44.9 Å². The highest BCUT2D eigenvalue weighted by Crippen LogP contribution is 2.36. The third-order valence-electron chi connectivity index (χ3n) is 2.74. The zero-order valence-corrected chi connectivity index (χ0v) is 14.0. The van der Waals surface area contributed by atoms with E-state index in [-0.39, 0.29) is 18.1 Å². The normalized spacial score (nSPS) is 23.4. The van der Waals surface area contributed by atoms with E-state index in [1.807, 2.05) is 6.92 Å². The summed E-state index contributed by atoms with van der Waals surface area (Å²) >= 11 is 16.9.